The van der Waals surface area contributed by atoms with Crippen molar-refractivity contribution in [1.29, 1.82) is 0 Å². The van der Waals surface area contributed by atoms with Crippen LogP contribution in [0.1, 0.15) is 33.5 Å². The molecular formula is C31H34FN3O6. The number of nitrogens with zero attached hydrogens (tertiary/aromatic N) is 1. The SMILES string of the molecule is COc1cccc(CNC(=O)C2[C@H](F)CCN2C(=O)[C@@H](O)[C@H](Cc2ccccc2)NC(=O)c2cccc(O)c2C)c1. The van der Waals surface area contributed by atoms with Crippen LogP contribution < -0.4 is 15.4 Å². The summed E-state index contributed by atoms with van der Waals surface area (Å²) < 4.78 is 20.2. The Bertz CT molecular complexity index is 1390. The number of methoxy groups -OCH3 is 1. The van der Waals surface area contributed by atoms with Crippen LogP contribution in [0.15, 0.2) is 72.8 Å². The number of benzene rings is 3. The predicted molar refractivity (Wildman–Crippen MR) is 150 cm³/mol. The molecule has 1 heterocycles. The molecule has 0 radical (unpaired) electrons. The number of nitrogens with one attached hydrogen (secondary N) is 2. The zero-order valence-electron chi connectivity index (χ0n) is 22.9. The van der Waals surface area contributed by atoms with Crippen molar-refractivity contribution in [2.75, 3.05) is 13.7 Å². The number of rotatable bonds is 10. The van der Waals surface area contributed by atoms with Gasteiger partial charge in [0.15, 0.2) is 6.10 Å². The highest BCUT2D eigenvalue weighted by atomic mass is 19.1. The van der Waals surface area contributed by atoms with Crippen LogP contribution in [-0.4, -0.2) is 70.8 Å². The molecule has 0 aliphatic carbocycles. The predicted octanol–water partition coefficient (Wildman–Crippen LogP) is 2.67. The van der Waals surface area contributed by atoms with Crippen molar-refractivity contribution in [3.63, 3.8) is 0 Å². The average molecular weight is 564 g/mol. The molecule has 1 aliphatic heterocycles. The lowest BCUT2D eigenvalue weighted by atomic mass is 9.98. The molecular weight excluding hydrogens is 529 g/mol. The highest BCUT2D eigenvalue weighted by Gasteiger charge is 2.45. The van der Waals surface area contributed by atoms with Gasteiger partial charge in [-0.15, -0.1) is 0 Å². The summed E-state index contributed by atoms with van der Waals surface area (Å²) in [5.74, 6) is -1.60. The standard InChI is InChI=1S/C31H34FN3O6/c1-19-23(12-7-13-26(19)36)29(38)34-25(17-20-8-4-3-5-9-20)28(37)31(40)35-15-14-24(32)27(35)30(39)33-18-21-10-6-11-22(16-21)41-2/h3-13,16,24-25,27-28,36-37H,14-15,17-18H2,1-2H3,(H,33,39)(H,34,38)/t24-,25+,27?,28+/m1/s1. The first-order valence-corrected chi connectivity index (χ1v) is 13.4. The van der Waals surface area contributed by atoms with E-state index in [1.54, 1.807) is 55.5 Å². The molecule has 4 N–H and O–H groups in total. The summed E-state index contributed by atoms with van der Waals surface area (Å²) in [7, 11) is 1.52. The number of ether oxygens (including phenoxy) is 1. The van der Waals surface area contributed by atoms with Gasteiger partial charge in [0.2, 0.25) is 5.91 Å². The number of halogens is 1. The van der Waals surface area contributed by atoms with E-state index < -0.39 is 42.1 Å². The van der Waals surface area contributed by atoms with Crippen molar-refractivity contribution in [3.05, 3.63) is 95.1 Å². The Balaban J connectivity index is 1.52. The number of phenolic OH excluding ortho intramolecular Hbond substituents is 1. The van der Waals surface area contributed by atoms with Crippen LogP contribution in [0.3, 0.4) is 0 Å². The second kappa shape index (κ2) is 13.3. The highest BCUT2D eigenvalue weighted by molar-refractivity contribution is 5.97. The van der Waals surface area contributed by atoms with Gasteiger partial charge in [-0.3, -0.25) is 14.4 Å². The van der Waals surface area contributed by atoms with Crippen LogP contribution in [0.2, 0.25) is 0 Å². The molecule has 1 aliphatic rings. The van der Waals surface area contributed by atoms with Gasteiger partial charge in [0.25, 0.3) is 11.8 Å². The molecule has 1 fully saturated rings. The van der Waals surface area contributed by atoms with Crippen molar-refractivity contribution in [3.8, 4) is 11.5 Å². The fraction of sp³-hybridized carbons (Fsp3) is 0.323. The summed E-state index contributed by atoms with van der Waals surface area (Å²) in [6.45, 7) is 1.62. The number of likely N-dealkylation sites (tertiary alicyclic amines) is 1. The molecule has 41 heavy (non-hydrogen) atoms. The number of hydrogen-bond acceptors (Lipinski definition) is 6. The van der Waals surface area contributed by atoms with E-state index in [4.69, 9.17) is 4.74 Å². The smallest absolute Gasteiger partial charge is 0.254 e. The summed E-state index contributed by atoms with van der Waals surface area (Å²) in [5.41, 5.74) is 2.01. The number of carbonyl (C=O) groups is 3. The highest BCUT2D eigenvalue weighted by Crippen LogP contribution is 2.24. The number of alkyl halides is 1. The fourth-order valence-corrected chi connectivity index (χ4v) is 4.95. The largest absolute Gasteiger partial charge is 0.508 e. The Kier molecular flexibility index (Phi) is 9.57. The maximum absolute atomic E-state index is 15.0. The van der Waals surface area contributed by atoms with Gasteiger partial charge in [0.1, 0.15) is 23.7 Å². The Morgan fingerprint density at radius 1 is 1.05 bits per heavy atom. The molecule has 10 heteroatoms. The van der Waals surface area contributed by atoms with Crippen molar-refractivity contribution in [1.82, 2.24) is 15.5 Å². The minimum Gasteiger partial charge on any atom is -0.508 e. The van der Waals surface area contributed by atoms with E-state index in [-0.39, 0.29) is 37.2 Å². The molecule has 0 bridgehead atoms. The zero-order valence-corrected chi connectivity index (χ0v) is 22.9. The Morgan fingerprint density at radius 2 is 1.76 bits per heavy atom. The second-order valence-electron chi connectivity index (χ2n) is 10.0. The Hall–Kier alpha value is -4.44. The first kappa shape index (κ1) is 29.5. The number of aliphatic hydroxyl groups excluding tert-OH is 1. The van der Waals surface area contributed by atoms with Gasteiger partial charge in [-0.1, -0.05) is 48.5 Å². The van der Waals surface area contributed by atoms with Gasteiger partial charge in [-0.05, 0) is 55.2 Å². The summed E-state index contributed by atoms with van der Waals surface area (Å²) in [5, 5.41) is 26.7. The van der Waals surface area contributed by atoms with E-state index in [0.717, 1.165) is 16.0 Å². The lowest BCUT2D eigenvalue weighted by Gasteiger charge is -2.30. The fourth-order valence-electron chi connectivity index (χ4n) is 4.95. The first-order chi connectivity index (χ1) is 19.7. The average Bonchev–Trinajstić information content (AvgIpc) is 3.38. The zero-order chi connectivity index (χ0) is 29.5. The number of aromatic hydroxyl groups is 1. The summed E-state index contributed by atoms with van der Waals surface area (Å²) in [6, 6.07) is 18.0. The van der Waals surface area contributed by atoms with Gasteiger partial charge in [-0.25, -0.2) is 4.39 Å². The van der Waals surface area contributed by atoms with Crippen LogP contribution in [0.5, 0.6) is 11.5 Å². The molecule has 0 spiro atoms. The topological polar surface area (TPSA) is 128 Å². The molecule has 3 aromatic rings. The van der Waals surface area contributed by atoms with E-state index in [0.29, 0.717) is 11.3 Å². The number of hydrogen-bond donors (Lipinski definition) is 4. The number of amides is 3. The third-order valence-corrected chi connectivity index (χ3v) is 7.28. The molecule has 1 saturated heterocycles. The maximum atomic E-state index is 15.0. The minimum atomic E-state index is -1.77. The summed E-state index contributed by atoms with van der Waals surface area (Å²) >= 11 is 0. The van der Waals surface area contributed by atoms with Crippen LogP contribution >= 0.6 is 0 Å². The van der Waals surface area contributed by atoms with Gasteiger partial charge in [0.05, 0.1) is 13.2 Å². The van der Waals surface area contributed by atoms with Crippen molar-refractivity contribution in [2.45, 2.75) is 50.7 Å². The van der Waals surface area contributed by atoms with E-state index in [1.807, 2.05) is 6.07 Å². The third-order valence-electron chi connectivity index (χ3n) is 7.28. The van der Waals surface area contributed by atoms with Gasteiger partial charge < -0.3 is 30.5 Å². The summed E-state index contributed by atoms with van der Waals surface area (Å²) in [4.78, 5) is 40.8. The van der Waals surface area contributed by atoms with Crippen LogP contribution in [0.4, 0.5) is 4.39 Å². The molecule has 1 unspecified atom stereocenters. The lowest BCUT2D eigenvalue weighted by Crippen LogP contribution is -2.57. The molecule has 216 valence electrons. The van der Waals surface area contributed by atoms with E-state index in [1.165, 1.54) is 25.3 Å². The van der Waals surface area contributed by atoms with Crippen LogP contribution in [0.25, 0.3) is 0 Å². The monoisotopic (exact) mass is 563 g/mol. The van der Waals surface area contributed by atoms with Crippen molar-refractivity contribution < 1.29 is 33.7 Å². The van der Waals surface area contributed by atoms with E-state index >= 15 is 0 Å². The second-order valence-corrected chi connectivity index (χ2v) is 10.0. The van der Waals surface area contributed by atoms with Crippen molar-refractivity contribution >= 4 is 17.7 Å². The Morgan fingerprint density at radius 3 is 2.49 bits per heavy atom. The Labute approximate surface area is 237 Å². The van der Waals surface area contributed by atoms with E-state index in [2.05, 4.69) is 10.6 Å². The number of carbonyl (C=O) groups excluding carboxylic acids is 3. The summed E-state index contributed by atoms with van der Waals surface area (Å²) in [6.07, 6.45) is -3.35. The van der Waals surface area contributed by atoms with Gasteiger partial charge >= 0.3 is 0 Å². The third kappa shape index (κ3) is 7.01. The maximum Gasteiger partial charge on any atom is 0.254 e. The first-order valence-electron chi connectivity index (χ1n) is 13.4. The van der Waals surface area contributed by atoms with Crippen molar-refractivity contribution in [2.24, 2.45) is 0 Å². The molecule has 3 amide bonds. The molecule has 4 atom stereocenters. The molecule has 0 aromatic heterocycles. The normalized spacial score (nSPS) is 17.9. The molecule has 0 saturated carbocycles. The molecule has 9 nitrogen and oxygen atoms in total. The molecule has 3 aromatic carbocycles. The lowest BCUT2D eigenvalue weighted by molar-refractivity contribution is -0.147. The quantitative estimate of drug-likeness (QED) is 0.300. The van der Waals surface area contributed by atoms with Crippen LogP contribution in [-0.2, 0) is 22.6 Å². The van der Waals surface area contributed by atoms with E-state index in [9.17, 15) is 29.0 Å². The molecule has 4 rings (SSSR count). The van der Waals surface area contributed by atoms with Gasteiger partial charge in [-0.2, -0.15) is 0 Å². The van der Waals surface area contributed by atoms with Crippen LogP contribution in [0, 0.1) is 6.92 Å². The number of phenols is 1. The van der Waals surface area contributed by atoms with Gasteiger partial charge in [0, 0.05) is 24.2 Å². The number of aliphatic hydroxyl groups is 1. The minimum absolute atomic E-state index is 0.0616.